The van der Waals surface area contributed by atoms with Gasteiger partial charge in [0.1, 0.15) is 5.82 Å². The first-order valence-electron chi connectivity index (χ1n) is 5.52. The zero-order valence-corrected chi connectivity index (χ0v) is 9.94. The van der Waals surface area contributed by atoms with Crippen LogP contribution in [0.3, 0.4) is 0 Å². The van der Waals surface area contributed by atoms with Gasteiger partial charge in [-0.3, -0.25) is 4.98 Å². The van der Waals surface area contributed by atoms with Gasteiger partial charge in [0.2, 0.25) is 0 Å². The molecule has 1 unspecified atom stereocenters. The topological polar surface area (TPSA) is 38.9 Å². The molecule has 0 aliphatic carbocycles. The number of aryl methyl sites for hydroxylation is 2. The van der Waals surface area contributed by atoms with Gasteiger partial charge in [-0.15, -0.1) is 0 Å². The molecule has 2 N–H and O–H groups in total. The zero-order valence-electron chi connectivity index (χ0n) is 9.94. The van der Waals surface area contributed by atoms with Crippen molar-refractivity contribution in [3.05, 3.63) is 64.7 Å². The fourth-order valence-corrected chi connectivity index (χ4v) is 1.85. The Hall–Kier alpha value is -1.74. The number of rotatable bonds is 2. The van der Waals surface area contributed by atoms with Gasteiger partial charge >= 0.3 is 0 Å². The molecule has 1 atom stereocenters. The molecule has 1 aromatic heterocycles. The lowest BCUT2D eigenvalue weighted by Crippen LogP contribution is -2.14. The van der Waals surface area contributed by atoms with Crippen LogP contribution in [-0.4, -0.2) is 4.98 Å². The molecule has 2 nitrogen and oxygen atoms in total. The largest absolute Gasteiger partial charge is 0.319 e. The molecule has 17 heavy (non-hydrogen) atoms. The van der Waals surface area contributed by atoms with E-state index in [0.717, 1.165) is 22.5 Å². The Morgan fingerprint density at radius 3 is 2.59 bits per heavy atom. The van der Waals surface area contributed by atoms with Gasteiger partial charge in [0.25, 0.3) is 0 Å². The van der Waals surface area contributed by atoms with Crippen LogP contribution in [0.1, 0.15) is 28.6 Å². The maximum atomic E-state index is 13.3. The molecule has 0 spiro atoms. The van der Waals surface area contributed by atoms with E-state index in [-0.39, 0.29) is 11.9 Å². The third-order valence-corrected chi connectivity index (χ3v) is 2.65. The number of nitrogens with zero attached hydrogens (tertiary/aromatic N) is 1. The van der Waals surface area contributed by atoms with Gasteiger partial charge in [-0.05, 0) is 49.2 Å². The molecule has 0 amide bonds. The highest BCUT2D eigenvalue weighted by Crippen LogP contribution is 2.20. The number of hydrogen-bond donors (Lipinski definition) is 1. The van der Waals surface area contributed by atoms with Crippen molar-refractivity contribution < 1.29 is 4.39 Å². The van der Waals surface area contributed by atoms with E-state index in [0.29, 0.717) is 0 Å². The average molecular weight is 230 g/mol. The maximum Gasteiger partial charge on any atom is 0.123 e. The van der Waals surface area contributed by atoms with E-state index < -0.39 is 0 Å². The fraction of sp³-hybridized carbons (Fsp3) is 0.214. The third-order valence-electron chi connectivity index (χ3n) is 2.65. The number of halogens is 1. The second-order valence-electron chi connectivity index (χ2n) is 4.24. The van der Waals surface area contributed by atoms with Crippen LogP contribution in [0.25, 0.3) is 0 Å². The Labute approximate surface area is 100 Å². The van der Waals surface area contributed by atoms with Gasteiger partial charge in [0, 0.05) is 5.69 Å². The first-order valence-corrected chi connectivity index (χ1v) is 5.52. The molecule has 0 saturated carbocycles. The van der Waals surface area contributed by atoms with Crippen LogP contribution in [0, 0.1) is 19.7 Å². The molecule has 2 aromatic rings. The molecule has 0 radical (unpaired) electrons. The Kier molecular flexibility index (Phi) is 3.20. The summed E-state index contributed by atoms with van der Waals surface area (Å²) in [7, 11) is 0. The van der Waals surface area contributed by atoms with Crippen molar-refractivity contribution in [2.24, 2.45) is 5.73 Å². The van der Waals surface area contributed by atoms with Crippen LogP contribution in [0.4, 0.5) is 4.39 Å². The molecule has 0 aliphatic rings. The number of pyridine rings is 1. The van der Waals surface area contributed by atoms with Gasteiger partial charge in [-0.25, -0.2) is 4.39 Å². The van der Waals surface area contributed by atoms with E-state index in [1.54, 1.807) is 0 Å². The molecule has 0 bridgehead atoms. The summed E-state index contributed by atoms with van der Waals surface area (Å²) < 4.78 is 13.3. The summed E-state index contributed by atoms with van der Waals surface area (Å²) in [6.07, 6.45) is 0. The van der Waals surface area contributed by atoms with Gasteiger partial charge < -0.3 is 5.73 Å². The summed E-state index contributed by atoms with van der Waals surface area (Å²) in [6, 6.07) is 10.1. The van der Waals surface area contributed by atoms with Crippen LogP contribution in [-0.2, 0) is 0 Å². The molecule has 2 rings (SSSR count). The predicted octanol–water partition coefficient (Wildman–Crippen LogP) is 2.89. The molecular formula is C14H15FN2. The third kappa shape index (κ3) is 2.68. The van der Waals surface area contributed by atoms with Crippen molar-refractivity contribution in [2.45, 2.75) is 19.9 Å². The van der Waals surface area contributed by atoms with Gasteiger partial charge in [-0.2, -0.15) is 0 Å². The minimum Gasteiger partial charge on any atom is -0.319 e. The van der Waals surface area contributed by atoms with Gasteiger partial charge in [-0.1, -0.05) is 12.1 Å². The van der Waals surface area contributed by atoms with Crippen molar-refractivity contribution in [3.63, 3.8) is 0 Å². The first-order chi connectivity index (χ1) is 8.06. The van der Waals surface area contributed by atoms with E-state index in [9.17, 15) is 4.39 Å². The van der Waals surface area contributed by atoms with Gasteiger partial charge in [0.05, 0.1) is 11.7 Å². The van der Waals surface area contributed by atoms with Crippen LogP contribution >= 0.6 is 0 Å². The highest BCUT2D eigenvalue weighted by Gasteiger charge is 2.11. The fourth-order valence-electron chi connectivity index (χ4n) is 1.85. The SMILES string of the molecule is Cc1cc(F)cc(C(N)c2cccc(C)n2)c1. The van der Waals surface area contributed by atoms with E-state index >= 15 is 0 Å². The summed E-state index contributed by atoms with van der Waals surface area (Å²) in [6.45, 7) is 3.76. The molecular weight excluding hydrogens is 215 g/mol. The second kappa shape index (κ2) is 4.63. The van der Waals surface area contributed by atoms with Crippen molar-refractivity contribution in [3.8, 4) is 0 Å². The van der Waals surface area contributed by atoms with Crippen molar-refractivity contribution in [1.29, 1.82) is 0 Å². The molecule has 1 heterocycles. The highest BCUT2D eigenvalue weighted by atomic mass is 19.1. The smallest absolute Gasteiger partial charge is 0.123 e. The molecule has 3 heteroatoms. The summed E-state index contributed by atoms with van der Waals surface area (Å²) in [4.78, 5) is 4.36. The first kappa shape index (κ1) is 11.7. The standard InChI is InChI=1S/C14H15FN2/c1-9-6-11(8-12(15)7-9)14(16)13-5-3-4-10(2)17-13/h3-8,14H,16H2,1-2H3. The molecule has 0 aliphatic heterocycles. The van der Waals surface area contributed by atoms with Crippen LogP contribution in [0.15, 0.2) is 36.4 Å². The quantitative estimate of drug-likeness (QED) is 0.861. The minimum atomic E-state index is -0.385. The second-order valence-corrected chi connectivity index (χ2v) is 4.24. The van der Waals surface area contributed by atoms with Crippen LogP contribution < -0.4 is 5.73 Å². The average Bonchev–Trinajstić information content (AvgIpc) is 2.26. The summed E-state index contributed by atoms with van der Waals surface area (Å²) >= 11 is 0. The number of benzene rings is 1. The van der Waals surface area contributed by atoms with E-state index in [2.05, 4.69) is 4.98 Å². The van der Waals surface area contributed by atoms with Crippen LogP contribution in [0.2, 0.25) is 0 Å². The summed E-state index contributed by atoms with van der Waals surface area (Å²) in [5.74, 6) is -0.261. The highest BCUT2D eigenvalue weighted by molar-refractivity contribution is 5.31. The molecule has 0 saturated heterocycles. The van der Waals surface area contributed by atoms with Crippen molar-refractivity contribution in [2.75, 3.05) is 0 Å². The number of nitrogens with two attached hydrogens (primary N) is 1. The predicted molar refractivity (Wildman–Crippen MR) is 66.1 cm³/mol. The monoisotopic (exact) mass is 230 g/mol. The minimum absolute atomic E-state index is 0.261. The lowest BCUT2D eigenvalue weighted by Gasteiger charge is -2.13. The normalized spacial score (nSPS) is 12.5. The van der Waals surface area contributed by atoms with Crippen molar-refractivity contribution >= 4 is 0 Å². The molecule has 1 aromatic carbocycles. The summed E-state index contributed by atoms with van der Waals surface area (Å²) in [5.41, 5.74) is 9.38. The van der Waals surface area contributed by atoms with Crippen LogP contribution in [0.5, 0.6) is 0 Å². The van der Waals surface area contributed by atoms with Gasteiger partial charge in [0.15, 0.2) is 0 Å². The Balaban J connectivity index is 2.39. The number of hydrogen-bond acceptors (Lipinski definition) is 2. The lowest BCUT2D eigenvalue weighted by atomic mass is 10.0. The summed E-state index contributed by atoms with van der Waals surface area (Å²) in [5, 5.41) is 0. The number of aromatic nitrogens is 1. The Bertz CT molecular complexity index is 517. The Morgan fingerprint density at radius 2 is 1.94 bits per heavy atom. The van der Waals surface area contributed by atoms with E-state index in [1.807, 2.05) is 38.1 Å². The Morgan fingerprint density at radius 1 is 1.18 bits per heavy atom. The maximum absolute atomic E-state index is 13.3. The molecule has 88 valence electrons. The molecule has 0 fully saturated rings. The van der Waals surface area contributed by atoms with E-state index in [1.165, 1.54) is 12.1 Å². The zero-order chi connectivity index (χ0) is 12.4. The van der Waals surface area contributed by atoms with E-state index in [4.69, 9.17) is 5.73 Å². The van der Waals surface area contributed by atoms with Crippen molar-refractivity contribution in [1.82, 2.24) is 4.98 Å². The lowest BCUT2D eigenvalue weighted by molar-refractivity contribution is 0.621.